The van der Waals surface area contributed by atoms with Crippen molar-refractivity contribution >= 4 is 5.91 Å². The van der Waals surface area contributed by atoms with Crippen LogP contribution in [0.2, 0.25) is 0 Å². The number of amides is 1. The zero-order valence-electron chi connectivity index (χ0n) is 49.3. The van der Waals surface area contributed by atoms with Crippen LogP contribution < -0.4 is 5.32 Å². The van der Waals surface area contributed by atoms with Gasteiger partial charge in [0.15, 0.2) is 6.29 Å². The highest BCUT2D eigenvalue weighted by Gasteiger charge is 2.44. The fraction of sp³-hybridized carbons (Fsp3) is 0.806. The van der Waals surface area contributed by atoms with Crippen LogP contribution in [0, 0.1) is 0 Å². The Morgan fingerprint density at radius 2 is 0.816 bits per heavy atom. The number of allylic oxidation sites excluding steroid dienone is 11. The average Bonchev–Trinajstić information content (AvgIpc) is 3.42. The highest BCUT2D eigenvalue weighted by atomic mass is 16.7. The standard InChI is InChI=1S/C67H121NO8/c1-3-5-7-9-11-13-15-17-19-20-21-22-23-24-25-26-27-28-29-30-31-32-33-34-35-36-37-38-39-40-41-42-43-45-47-49-51-53-55-57-63(71)68-60(59-75-67-66(74)65(73)64(72)62(58-69)76-67)61(70)56-54-52-50-48-46-44-18-16-14-12-10-8-6-4-2/h5,7,11,13,17,19,21-22,24-25,54,56,60-62,64-67,69-70,72-74H,3-4,6,8-10,12,14-16,18,20,23,26-53,55,57-59H2,1-2H3,(H,68,71)/b7-5-,13-11-,19-17-,22-21-,25-24-,56-54+. The van der Waals surface area contributed by atoms with Crippen LogP contribution in [0.15, 0.2) is 72.9 Å². The van der Waals surface area contributed by atoms with E-state index in [1.54, 1.807) is 6.08 Å². The number of hydrogen-bond donors (Lipinski definition) is 6. The summed E-state index contributed by atoms with van der Waals surface area (Å²) in [4.78, 5) is 13.1. The van der Waals surface area contributed by atoms with Crippen LogP contribution in [0.5, 0.6) is 0 Å². The first kappa shape index (κ1) is 71.6. The van der Waals surface area contributed by atoms with Crippen LogP contribution in [0.4, 0.5) is 0 Å². The molecule has 7 atom stereocenters. The van der Waals surface area contributed by atoms with Gasteiger partial charge in [-0.15, -0.1) is 0 Å². The average molecular weight is 1070 g/mol. The fourth-order valence-electron chi connectivity index (χ4n) is 10.0. The topological polar surface area (TPSA) is 149 Å². The van der Waals surface area contributed by atoms with Crippen molar-refractivity contribution in [3.05, 3.63) is 72.9 Å². The summed E-state index contributed by atoms with van der Waals surface area (Å²) in [6.07, 6.45) is 71.5. The summed E-state index contributed by atoms with van der Waals surface area (Å²) in [5.41, 5.74) is 0. The highest BCUT2D eigenvalue weighted by Crippen LogP contribution is 2.23. The van der Waals surface area contributed by atoms with E-state index in [-0.39, 0.29) is 12.5 Å². The van der Waals surface area contributed by atoms with Crippen molar-refractivity contribution in [2.24, 2.45) is 0 Å². The van der Waals surface area contributed by atoms with Crippen molar-refractivity contribution in [2.45, 2.75) is 333 Å². The van der Waals surface area contributed by atoms with Crippen LogP contribution in [-0.4, -0.2) is 87.5 Å². The molecule has 442 valence electrons. The number of aliphatic hydroxyl groups is 5. The predicted molar refractivity (Wildman–Crippen MR) is 322 cm³/mol. The van der Waals surface area contributed by atoms with Crippen molar-refractivity contribution in [2.75, 3.05) is 13.2 Å². The van der Waals surface area contributed by atoms with Crippen molar-refractivity contribution in [1.82, 2.24) is 5.32 Å². The summed E-state index contributed by atoms with van der Waals surface area (Å²) in [6, 6.07) is -0.804. The number of nitrogens with one attached hydrogen (secondary N) is 1. The van der Waals surface area contributed by atoms with Gasteiger partial charge in [0.2, 0.25) is 5.91 Å². The number of carbonyl (C=O) groups excluding carboxylic acids is 1. The molecule has 7 unspecified atom stereocenters. The summed E-state index contributed by atoms with van der Waals surface area (Å²) in [5, 5.41) is 54.5. The summed E-state index contributed by atoms with van der Waals surface area (Å²) in [6.45, 7) is 3.68. The van der Waals surface area contributed by atoms with Crippen molar-refractivity contribution in [1.29, 1.82) is 0 Å². The van der Waals surface area contributed by atoms with Gasteiger partial charge in [-0.1, -0.05) is 292 Å². The molecule has 0 spiro atoms. The molecular formula is C67H121NO8. The third-order valence-electron chi connectivity index (χ3n) is 15.0. The van der Waals surface area contributed by atoms with Gasteiger partial charge in [0.05, 0.1) is 25.4 Å². The van der Waals surface area contributed by atoms with E-state index in [0.717, 1.165) is 70.6 Å². The molecule has 0 radical (unpaired) electrons. The third-order valence-corrected chi connectivity index (χ3v) is 15.0. The molecule has 9 nitrogen and oxygen atoms in total. The van der Waals surface area contributed by atoms with Gasteiger partial charge in [-0.2, -0.15) is 0 Å². The van der Waals surface area contributed by atoms with E-state index < -0.39 is 49.5 Å². The molecule has 1 heterocycles. The van der Waals surface area contributed by atoms with Crippen LogP contribution >= 0.6 is 0 Å². The second-order valence-corrected chi connectivity index (χ2v) is 22.2. The molecule has 0 saturated carbocycles. The van der Waals surface area contributed by atoms with Crippen LogP contribution in [0.3, 0.4) is 0 Å². The van der Waals surface area contributed by atoms with Crippen molar-refractivity contribution in [3.63, 3.8) is 0 Å². The first-order chi connectivity index (χ1) is 37.3. The molecule has 0 aromatic carbocycles. The monoisotopic (exact) mass is 1070 g/mol. The number of aliphatic hydroxyl groups excluding tert-OH is 5. The predicted octanol–water partition coefficient (Wildman–Crippen LogP) is 16.8. The number of unbranched alkanes of at least 4 members (excludes halogenated alkanes) is 35. The van der Waals surface area contributed by atoms with E-state index in [0.29, 0.717) is 6.42 Å². The van der Waals surface area contributed by atoms with Crippen molar-refractivity contribution in [3.8, 4) is 0 Å². The Kier molecular flexibility index (Phi) is 52.7. The van der Waals surface area contributed by atoms with Crippen LogP contribution in [0.1, 0.15) is 290 Å². The first-order valence-corrected chi connectivity index (χ1v) is 32.2. The lowest BCUT2D eigenvalue weighted by Gasteiger charge is -2.40. The molecule has 1 fully saturated rings. The Hall–Kier alpha value is -2.37. The Morgan fingerprint density at radius 3 is 1.21 bits per heavy atom. The quantitative estimate of drug-likeness (QED) is 0.0261. The van der Waals surface area contributed by atoms with Crippen LogP contribution in [-0.2, 0) is 14.3 Å². The molecule has 1 aliphatic heterocycles. The van der Waals surface area contributed by atoms with Crippen LogP contribution in [0.25, 0.3) is 0 Å². The molecular weight excluding hydrogens is 947 g/mol. The zero-order chi connectivity index (χ0) is 55.0. The SMILES string of the molecule is CC/C=C\C/C=C\C/C=C\C/C=C\C/C=C\CCCCCCCCCCCCCCCCCCCCCCCCCC(=O)NC(COC1OC(CO)C(O)C(O)C1O)C(O)/C=C/CCCCCCCCCCCCCC. The maximum atomic E-state index is 13.1. The summed E-state index contributed by atoms with van der Waals surface area (Å²) < 4.78 is 11.3. The van der Waals surface area contributed by atoms with Gasteiger partial charge in [-0.05, 0) is 64.2 Å². The zero-order valence-corrected chi connectivity index (χ0v) is 49.3. The molecule has 6 N–H and O–H groups in total. The minimum absolute atomic E-state index is 0.174. The molecule has 1 saturated heterocycles. The Morgan fingerprint density at radius 1 is 0.461 bits per heavy atom. The Bertz CT molecular complexity index is 1420. The molecule has 1 amide bonds. The molecule has 76 heavy (non-hydrogen) atoms. The maximum absolute atomic E-state index is 13.1. The summed E-state index contributed by atoms with van der Waals surface area (Å²) >= 11 is 0. The van der Waals surface area contributed by atoms with Gasteiger partial charge in [0.1, 0.15) is 24.4 Å². The molecule has 1 aliphatic rings. The smallest absolute Gasteiger partial charge is 0.220 e. The minimum atomic E-state index is -1.57. The second kappa shape index (κ2) is 55.9. The van der Waals surface area contributed by atoms with E-state index in [1.165, 1.54) is 199 Å². The van der Waals surface area contributed by atoms with Gasteiger partial charge < -0.3 is 40.3 Å². The van der Waals surface area contributed by atoms with E-state index in [2.05, 4.69) is 79.9 Å². The largest absolute Gasteiger partial charge is 0.394 e. The number of carbonyl (C=O) groups is 1. The lowest BCUT2D eigenvalue weighted by Crippen LogP contribution is -2.60. The molecule has 0 aromatic rings. The summed E-state index contributed by atoms with van der Waals surface area (Å²) in [5.74, 6) is -0.174. The lowest BCUT2D eigenvalue weighted by molar-refractivity contribution is -0.302. The minimum Gasteiger partial charge on any atom is -0.394 e. The number of hydrogen-bond acceptors (Lipinski definition) is 8. The van der Waals surface area contributed by atoms with Gasteiger partial charge >= 0.3 is 0 Å². The maximum Gasteiger partial charge on any atom is 0.220 e. The van der Waals surface area contributed by atoms with Crippen molar-refractivity contribution < 1.29 is 39.8 Å². The normalized spacial score (nSPS) is 19.3. The summed E-state index contributed by atoms with van der Waals surface area (Å²) in [7, 11) is 0. The lowest BCUT2D eigenvalue weighted by atomic mass is 9.99. The Labute approximate surface area is 468 Å². The fourth-order valence-corrected chi connectivity index (χ4v) is 10.0. The second-order valence-electron chi connectivity index (χ2n) is 22.2. The Balaban J connectivity index is 2.05. The third kappa shape index (κ3) is 44.5. The molecule has 0 aromatic heterocycles. The molecule has 0 aliphatic carbocycles. The first-order valence-electron chi connectivity index (χ1n) is 32.2. The molecule has 9 heteroatoms. The highest BCUT2D eigenvalue weighted by molar-refractivity contribution is 5.76. The van der Waals surface area contributed by atoms with E-state index in [4.69, 9.17) is 9.47 Å². The molecule has 0 bridgehead atoms. The molecule has 1 rings (SSSR count). The van der Waals surface area contributed by atoms with E-state index in [1.807, 2.05) is 6.08 Å². The number of rotatable bonds is 55. The van der Waals surface area contributed by atoms with Gasteiger partial charge in [-0.25, -0.2) is 0 Å². The van der Waals surface area contributed by atoms with Gasteiger partial charge in [-0.3, -0.25) is 4.79 Å². The van der Waals surface area contributed by atoms with E-state index in [9.17, 15) is 30.3 Å². The van der Waals surface area contributed by atoms with Gasteiger partial charge in [0, 0.05) is 6.42 Å². The number of ether oxygens (including phenoxy) is 2. The van der Waals surface area contributed by atoms with E-state index >= 15 is 0 Å². The van der Waals surface area contributed by atoms with Gasteiger partial charge in [0.25, 0.3) is 0 Å².